The molecular weight excluding hydrogens is 250 g/mol. The number of nitrogens with one attached hydrogen (secondary N) is 1. The molecule has 2 heterocycles. The van der Waals surface area contributed by atoms with Gasteiger partial charge in [-0.15, -0.1) is 0 Å². The second-order valence-corrected chi connectivity index (χ2v) is 6.80. The fourth-order valence-electron chi connectivity index (χ4n) is 3.24. The number of piperidine rings is 2. The first-order valence-corrected chi connectivity index (χ1v) is 8.30. The van der Waals surface area contributed by atoms with Crippen LogP contribution in [0.1, 0.15) is 46.0 Å². The average molecular weight is 281 g/mol. The Kier molecular flexibility index (Phi) is 5.85. The average Bonchev–Trinajstić information content (AvgIpc) is 2.48. The minimum Gasteiger partial charge on any atom is -0.341 e. The van der Waals surface area contributed by atoms with Crippen LogP contribution in [0.2, 0.25) is 0 Å². The van der Waals surface area contributed by atoms with E-state index in [9.17, 15) is 4.79 Å². The Morgan fingerprint density at radius 3 is 2.50 bits per heavy atom. The van der Waals surface area contributed by atoms with Crippen molar-refractivity contribution in [1.29, 1.82) is 0 Å². The van der Waals surface area contributed by atoms with E-state index >= 15 is 0 Å². The number of rotatable bonds is 4. The van der Waals surface area contributed by atoms with Crippen LogP contribution in [0, 0.1) is 5.92 Å². The van der Waals surface area contributed by atoms with Crippen LogP contribution >= 0.6 is 0 Å². The van der Waals surface area contributed by atoms with Crippen LogP contribution in [0.3, 0.4) is 0 Å². The molecule has 0 aromatic heterocycles. The number of nitrogens with zero attached hydrogens (tertiary/aromatic N) is 2. The molecule has 1 atom stereocenters. The van der Waals surface area contributed by atoms with Crippen molar-refractivity contribution in [2.45, 2.75) is 58.0 Å². The van der Waals surface area contributed by atoms with E-state index in [2.05, 4.69) is 36.0 Å². The zero-order valence-electron chi connectivity index (χ0n) is 13.4. The molecule has 0 saturated carbocycles. The van der Waals surface area contributed by atoms with Crippen LogP contribution in [-0.4, -0.2) is 61.0 Å². The lowest BCUT2D eigenvalue weighted by Gasteiger charge is -2.37. The standard InChI is InChI=1S/C16H31N3O/c1-13(2)18(3)12-14-7-10-19(11-8-14)16(20)15-6-4-5-9-17-15/h13-15,17H,4-12H2,1-3H3/t15-/m1/s1. The zero-order chi connectivity index (χ0) is 14.5. The number of carbonyl (C=O) groups excluding carboxylic acids is 1. The molecule has 2 saturated heterocycles. The van der Waals surface area contributed by atoms with Crippen molar-refractivity contribution in [3.05, 3.63) is 0 Å². The minimum atomic E-state index is 0.0960. The van der Waals surface area contributed by atoms with Crippen molar-refractivity contribution < 1.29 is 4.79 Å². The van der Waals surface area contributed by atoms with Crippen LogP contribution in [0.5, 0.6) is 0 Å². The van der Waals surface area contributed by atoms with Gasteiger partial charge in [0, 0.05) is 25.7 Å². The molecule has 2 fully saturated rings. The number of amides is 1. The van der Waals surface area contributed by atoms with Gasteiger partial charge < -0.3 is 15.1 Å². The summed E-state index contributed by atoms with van der Waals surface area (Å²) in [5.74, 6) is 1.10. The third-order valence-corrected chi connectivity index (χ3v) is 4.96. The maximum absolute atomic E-state index is 12.4. The number of hydrogen-bond donors (Lipinski definition) is 1. The third kappa shape index (κ3) is 4.19. The van der Waals surface area contributed by atoms with Crippen molar-refractivity contribution in [1.82, 2.24) is 15.1 Å². The first-order chi connectivity index (χ1) is 9.58. The molecule has 0 aromatic rings. The molecule has 2 aliphatic rings. The van der Waals surface area contributed by atoms with Crippen molar-refractivity contribution in [3.8, 4) is 0 Å². The normalized spacial score (nSPS) is 25.4. The molecule has 0 radical (unpaired) electrons. The van der Waals surface area contributed by atoms with Gasteiger partial charge in [-0.05, 0) is 59.0 Å². The Morgan fingerprint density at radius 1 is 1.25 bits per heavy atom. The highest BCUT2D eigenvalue weighted by Crippen LogP contribution is 2.20. The van der Waals surface area contributed by atoms with E-state index in [1.165, 1.54) is 19.4 Å². The van der Waals surface area contributed by atoms with E-state index < -0.39 is 0 Å². The van der Waals surface area contributed by atoms with Crippen molar-refractivity contribution in [2.24, 2.45) is 5.92 Å². The Morgan fingerprint density at radius 2 is 1.95 bits per heavy atom. The fraction of sp³-hybridized carbons (Fsp3) is 0.938. The Bertz CT molecular complexity index is 305. The van der Waals surface area contributed by atoms with Crippen molar-refractivity contribution in [2.75, 3.05) is 33.2 Å². The number of carbonyl (C=O) groups is 1. The van der Waals surface area contributed by atoms with E-state index in [0.717, 1.165) is 44.8 Å². The highest BCUT2D eigenvalue weighted by molar-refractivity contribution is 5.82. The molecule has 2 rings (SSSR count). The molecule has 0 unspecified atom stereocenters. The molecule has 0 aromatic carbocycles. The summed E-state index contributed by atoms with van der Waals surface area (Å²) in [4.78, 5) is 17.0. The van der Waals surface area contributed by atoms with Crippen molar-refractivity contribution in [3.63, 3.8) is 0 Å². The topological polar surface area (TPSA) is 35.6 Å². The van der Waals surface area contributed by atoms with Crippen LogP contribution in [0.4, 0.5) is 0 Å². The highest BCUT2D eigenvalue weighted by atomic mass is 16.2. The molecule has 2 aliphatic heterocycles. The first kappa shape index (κ1) is 15.8. The van der Waals surface area contributed by atoms with E-state index in [1.807, 2.05) is 0 Å². The molecule has 0 spiro atoms. The van der Waals surface area contributed by atoms with Gasteiger partial charge in [0.25, 0.3) is 0 Å². The van der Waals surface area contributed by atoms with Gasteiger partial charge in [0.1, 0.15) is 0 Å². The van der Waals surface area contributed by atoms with E-state index in [1.54, 1.807) is 0 Å². The lowest BCUT2D eigenvalue weighted by atomic mass is 9.94. The van der Waals surface area contributed by atoms with E-state index in [0.29, 0.717) is 11.9 Å². The molecular formula is C16H31N3O. The van der Waals surface area contributed by atoms with Gasteiger partial charge in [0.15, 0.2) is 0 Å². The maximum Gasteiger partial charge on any atom is 0.239 e. The van der Waals surface area contributed by atoms with Gasteiger partial charge in [-0.2, -0.15) is 0 Å². The molecule has 4 nitrogen and oxygen atoms in total. The summed E-state index contributed by atoms with van der Waals surface area (Å²) >= 11 is 0. The van der Waals surface area contributed by atoms with E-state index in [-0.39, 0.29) is 6.04 Å². The van der Waals surface area contributed by atoms with Gasteiger partial charge in [-0.25, -0.2) is 0 Å². The predicted octanol–water partition coefficient (Wildman–Crippen LogP) is 1.71. The quantitative estimate of drug-likeness (QED) is 0.852. The molecule has 20 heavy (non-hydrogen) atoms. The van der Waals surface area contributed by atoms with Crippen LogP contribution in [0.25, 0.3) is 0 Å². The first-order valence-electron chi connectivity index (χ1n) is 8.30. The van der Waals surface area contributed by atoms with Gasteiger partial charge >= 0.3 is 0 Å². The Labute approximate surface area is 123 Å². The van der Waals surface area contributed by atoms with Gasteiger partial charge in [-0.1, -0.05) is 6.42 Å². The Balaban J connectivity index is 1.74. The van der Waals surface area contributed by atoms with Crippen LogP contribution in [0.15, 0.2) is 0 Å². The number of hydrogen-bond acceptors (Lipinski definition) is 3. The molecule has 4 heteroatoms. The molecule has 1 amide bonds. The van der Waals surface area contributed by atoms with Gasteiger partial charge in [-0.3, -0.25) is 4.79 Å². The van der Waals surface area contributed by atoms with Crippen LogP contribution in [-0.2, 0) is 4.79 Å². The third-order valence-electron chi connectivity index (χ3n) is 4.96. The summed E-state index contributed by atoms with van der Waals surface area (Å²) in [6.45, 7) is 8.56. The zero-order valence-corrected chi connectivity index (χ0v) is 13.4. The summed E-state index contributed by atoms with van der Waals surface area (Å²) < 4.78 is 0. The summed E-state index contributed by atoms with van der Waals surface area (Å²) in [6, 6.07) is 0.708. The van der Waals surface area contributed by atoms with Crippen molar-refractivity contribution >= 4 is 5.91 Å². The number of likely N-dealkylation sites (tertiary alicyclic amines) is 1. The summed E-state index contributed by atoms with van der Waals surface area (Å²) in [5.41, 5.74) is 0. The smallest absolute Gasteiger partial charge is 0.239 e. The Hall–Kier alpha value is -0.610. The SMILES string of the molecule is CC(C)N(C)CC1CCN(C(=O)[C@H]2CCCCN2)CC1. The lowest BCUT2D eigenvalue weighted by molar-refractivity contribution is -0.135. The maximum atomic E-state index is 12.4. The van der Waals surface area contributed by atoms with Gasteiger partial charge in [0.2, 0.25) is 5.91 Å². The second kappa shape index (κ2) is 7.41. The monoisotopic (exact) mass is 281 g/mol. The summed E-state index contributed by atoms with van der Waals surface area (Å²) in [6.07, 6.45) is 5.76. The van der Waals surface area contributed by atoms with Gasteiger partial charge in [0.05, 0.1) is 6.04 Å². The minimum absolute atomic E-state index is 0.0960. The van der Waals surface area contributed by atoms with E-state index in [4.69, 9.17) is 0 Å². The highest BCUT2D eigenvalue weighted by Gasteiger charge is 2.29. The second-order valence-electron chi connectivity index (χ2n) is 6.80. The summed E-state index contributed by atoms with van der Waals surface area (Å²) in [7, 11) is 2.20. The molecule has 0 bridgehead atoms. The molecule has 0 aliphatic carbocycles. The van der Waals surface area contributed by atoms with Crippen LogP contribution < -0.4 is 5.32 Å². The predicted molar refractivity (Wildman–Crippen MR) is 82.7 cm³/mol. The molecule has 1 N–H and O–H groups in total. The lowest BCUT2D eigenvalue weighted by Crippen LogP contribution is -2.51. The fourth-order valence-corrected chi connectivity index (χ4v) is 3.24. The summed E-state index contributed by atoms with van der Waals surface area (Å²) in [5, 5.41) is 3.38. The molecule has 116 valence electrons. The largest absolute Gasteiger partial charge is 0.341 e.